The fraction of sp³-hybridized carbons (Fsp3) is 0.667. The number of aryl methyl sites for hydroxylation is 2. The molecule has 3 aliphatic rings. The van der Waals surface area contributed by atoms with E-state index in [4.69, 9.17) is 0 Å². The summed E-state index contributed by atoms with van der Waals surface area (Å²) in [5.74, 6) is 2.71. The van der Waals surface area contributed by atoms with Crippen LogP contribution in [-0.4, -0.2) is 5.11 Å². The van der Waals surface area contributed by atoms with Crippen molar-refractivity contribution in [3.63, 3.8) is 0 Å². The highest BCUT2D eigenvalue weighted by molar-refractivity contribution is 5.36. The van der Waals surface area contributed by atoms with Crippen molar-refractivity contribution in [1.29, 1.82) is 0 Å². The third-order valence-corrected chi connectivity index (χ3v) is 5.92. The van der Waals surface area contributed by atoms with Crippen molar-refractivity contribution in [2.45, 2.75) is 57.5 Å². The van der Waals surface area contributed by atoms with Crippen LogP contribution in [-0.2, 0) is 12.8 Å². The normalized spacial score (nSPS) is 33.6. The molecule has 1 aromatic rings. The average molecular weight is 256 g/mol. The maximum atomic E-state index is 10.5. The first-order valence-electron chi connectivity index (χ1n) is 8.09. The quantitative estimate of drug-likeness (QED) is 0.865. The second-order valence-corrected chi connectivity index (χ2v) is 7.07. The number of benzene rings is 1. The fourth-order valence-corrected chi connectivity index (χ4v) is 4.89. The predicted molar refractivity (Wildman–Crippen MR) is 77.0 cm³/mol. The number of fused-ring (bicyclic) bond motifs is 3. The minimum Gasteiger partial charge on any atom is -0.388 e. The van der Waals surface area contributed by atoms with Gasteiger partial charge < -0.3 is 5.11 Å². The summed E-state index contributed by atoms with van der Waals surface area (Å²) < 4.78 is 0. The molecule has 1 nitrogen and oxygen atoms in total. The van der Waals surface area contributed by atoms with Gasteiger partial charge in [-0.25, -0.2) is 0 Å². The summed E-state index contributed by atoms with van der Waals surface area (Å²) in [6, 6.07) is 6.70. The summed E-state index contributed by atoms with van der Waals surface area (Å²) >= 11 is 0. The second-order valence-electron chi connectivity index (χ2n) is 7.07. The molecule has 0 spiro atoms. The first kappa shape index (κ1) is 12.0. The molecule has 4 atom stereocenters. The lowest BCUT2D eigenvalue weighted by Gasteiger charge is -2.24. The fourth-order valence-electron chi connectivity index (χ4n) is 4.89. The second kappa shape index (κ2) is 4.63. The van der Waals surface area contributed by atoms with Crippen molar-refractivity contribution >= 4 is 0 Å². The zero-order valence-corrected chi connectivity index (χ0v) is 11.6. The number of rotatable bonds is 3. The van der Waals surface area contributed by atoms with E-state index in [9.17, 15) is 5.11 Å². The maximum Gasteiger partial charge on any atom is 0.0792 e. The van der Waals surface area contributed by atoms with Gasteiger partial charge in [-0.1, -0.05) is 24.6 Å². The Morgan fingerprint density at radius 1 is 1.11 bits per heavy atom. The van der Waals surface area contributed by atoms with Crippen molar-refractivity contribution in [3.8, 4) is 0 Å². The van der Waals surface area contributed by atoms with Crippen molar-refractivity contribution in [3.05, 3.63) is 34.9 Å². The summed E-state index contributed by atoms with van der Waals surface area (Å²) in [6.07, 6.45) is 10.2. The Bertz CT molecular complexity index is 479. The molecule has 1 heteroatoms. The van der Waals surface area contributed by atoms with Gasteiger partial charge in [0.25, 0.3) is 0 Å². The van der Waals surface area contributed by atoms with E-state index in [2.05, 4.69) is 18.2 Å². The van der Waals surface area contributed by atoms with Gasteiger partial charge in [-0.05, 0) is 79.4 Å². The molecule has 4 unspecified atom stereocenters. The van der Waals surface area contributed by atoms with Gasteiger partial charge >= 0.3 is 0 Å². The molecule has 0 aliphatic heterocycles. The van der Waals surface area contributed by atoms with Gasteiger partial charge in [-0.2, -0.15) is 0 Å². The van der Waals surface area contributed by atoms with Gasteiger partial charge in [-0.15, -0.1) is 0 Å². The minimum atomic E-state index is -0.227. The molecule has 4 rings (SSSR count). The standard InChI is InChI=1S/C18H24O/c19-18(11-17-9-12-4-5-15(17)8-12)16-7-6-13-2-1-3-14(13)10-16/h6-7,10,12,15,17-19H,1-5,8-9,11H2. The number of aliphatic hydroxyl groups is 1. The number of hydrogen-bond donors (Lipinski definition) is 1. The van der Waals surface area contributed by atoms with Crippen LogP contribution in [0.25, 0.3) is 0 Å². The van der Waals surface area contributed by atoms with Gasteiger partial charge in [0.2, 0.25) is 0 Å². The monoisotopic (exact) mass is 256 g/mol. The highest BCUT2D eigenvalue weighted by Gasteiger charge is 2.40. The molecular formula is C18H24O. The van der Waals surface area contributed by atoms with Crippen LogP contribution in [0.5, 0.6) is 0 Å². The highest BCUT2D eigenvalue weighted by atomic mass is 16.3. The lowest BCUT2D eigenvalue weighted by molar-refractivity contribution is 0.125. The van der Waals surface area contributed by atoms with Crippen LogP contribution in [0, 0.1) is 17.8 Å². The molecular weight excluding hydrogens is 232 g/mol. The van der Waals surface area contributed by atoms with Crippen molar-refractivity contribution in [1.82, 2.24) is 0 Å². The lowest BCUT2D eigenvalue weighted by Crippen LogP contribution is -2.14. The first-order chi connectivity index (χ1) is 9.29. The smallest absolute Gasteiger partial charge is 0.0792 e. The van der Waals surface area contributed by atoms with Gasteiger partial charge in [0.1, 0.15) is 0 Å². The Morgan fingerprint density at radius 3 is 2.79 bits per heavy atom. The van der Waals surface area contributed by atoms with Crippen molar-refractivity contribution in [2.75, 3.05) is 0 Å². The predicted octanol–water partition coefficient (Wildman–Crippen LogP) is 4.04. The molecule has 0 saturated heterocycles. The number of hydrogen-bond acceptors (Lipinski definition) is 1. The Balaban J connectivity index is 1.47. The average Bonchev–Trinajstić information content (AvgIpc) is 3.13. The lowest BCUT2D eigenvalue weighted by atomic mass is 9.83. The SMILES string of the molecule is OC(CC1CC2CCC1C2)c1ccc2c(c1)CCC2. The molecule has 102 valence electrons. The van der Waals surface area contributed by atoms with Crippen LogP contribution in [0.15, 0.2) is 18.2 Å². The third-order valence-electron chi connectivity index (χ3n) is 5.92. The highest BCUT2D eigenvalue weighted by Crippen LogP contribution is 2.51. The first-order valence-corrected chi connectivity index (χ1v) is 8.09. The van der Waals surface area contributed by atoms with E-state index in [1.54, 1.807) is 0 Å². The molecule has 1 aromatic carbocycles. The van der Waals surface area contributed by atoms with E-state index in [-0.39, 0.29) is 6.10 Å². The Kier molecular flexibility index (Phi) is 2.91. The molecule has 2 bridgehead atoms. The van der Waals surface area contributed by atoms with Crippen LogP contribution >= 0.6 is 0 Å². The molecule has 0 radical (unpaired) electrons. The summed E-state index contributed by atoms with van der Waals surface area (Å²) in [5, 5.41) is 10.5. The molecule has 3 aliphatic carbocycles. The molecule has 1 N–H and O–H groups in total. The van der Waals surface area contributed by atoms with Gasteiger partial charge in [-0.3, -0.25) is 0 Å². The zero-order chi connectivity index (χ0) is 12.8. The molecule has 2 saturated carbocycles. The van der Waals surface area contributed by atoms with Gasteiger partial charge in [0.15, 0.2) is 0 Å². The van der Waals surface area contributed by atoms with E-state index < -0.39 is 0 Å². The van der Waals surface area contributed by atoms with Crippen LogP contribution in [0.2, 0.25) is 0 Å². The molecule has 0 heterocycles. The zero-order valence-electron chi connectivity index (χ0n) is 11.6. The molecule has 2 fully saturated rings. The Hall–Kier alpha value is -0.820. The van der Waals surface area contributed by atoms with E-state index in [0.717, 1.165) is 24.2 Å². The summed E-state index contributed by atoms with van der Waals surface area (Å²) in [5.41, 5.74) is 4.17. The van der Waals surface area contributed by atoms with E-state index in [0.29, 0.717) is 0 Å². The Morgan fingerprint density at radius 2 is 2.00 bits per heavy atom. The van der Waals surface area contributed by atoms with E-state index >= 15 is 0 Å². The van der Waals surface area contributed by atoms with Gasteiger partial charge in [0.05, 0.1) is 6.10 Å². The van der Waals surface area contributed by atoms with Gasteiger partial charge in [0, 0.05) is 0 Å². The minimum absolute atomic E-state index is 0.227. The van der Waals surface area contributed by atoms with Crippen LogP contribution in [0.3, 0.4) is 0 Å². The van der Waals surface area contributed by atoms with Crippen LogP contribution in [0.4, 0.5) is 0 Å². The third kappa shape index (κ3) is 2.12. The van der Waals surface area contributed by atoms with E-state index in [1.807, 2.05) is 0 Å². The molecule has 19 heavy (non-hydrogen) atoms. The summed E-state index contributed by atoms with van der Waals surface area (Å²) in [6.45, 7) is 0. The van der Waals surface area contributed by atoms with Crippen LogP contribution < -0.4 is 0 Å². The maximum absolute atomic E-state index is 10.5. The molecule has 0 amide bonds. The van der Waals surface area contributed by atoms with E-state index in [1.165, 1.54) is 61.6 Å². The topological polar surface area (TPSA) is 20.2 Å². The number of aliphatic hydroxyl groups excluding tert-OH is 1. The molecule has 0 aromatic heterocycles. The largest absolute Gasteiger partial charge is 0.388 e. The Labute approximate surface area is 116 Å². The van der Waals surface area contributed by atoms with Crippen molar-refractivity contribution < 1.29 is 5.11 Å². The van der Waals surface area contributed by atoms with Crippen LogP contribution in [0.1, 0.15) is 61.3 Å². The summed E-state index contributed by atoms with van der Waals surface area (Å²) in [7, 11) is 0. The summed E-state index contributed by atoms with van der Waals surface area (Å²) in [4.78, 5) is 0. The van der Waals surface area contributed by atoms with Crippen molar-refractivity contribution in [2.24, 2.45) is 17.8 Å².